The molecule has 2 aromatic carbocycles. The van der Waals surface area contributed by atoms with Crippen molar-refractivity contribution in [1.29, 1.82) is 0 Å². The summed E-state index contributed by atoms with van der Waals surface area (Å²) in [7, 11) is 0. The molecule has 0 aliphatic carbocycles. The van der Waals surface area contributed by atoms with Crippen molar-refractivity contribution in [2.75, 3.05) is 31.2 Å². The molecule has 184 valence electrons. The standard InChI is InChI=1S/C22H19F7N2O3/c1-13(20(11-34-20)17-7-2-14(23)10-18(17)24)30-8-9-31(19(30)32)15-3-5-16(6-4-15)33-12-21(25,26)22(27,28)29/h2-7,10,13H,8-9,11-12H2,1H3. The number of epoxide rings is 1. The molecule has 2 heterocycles. The van der Waals surface area contributed by atoms with E-state index < -0.39 is 48.0 Å². The predicted molar refractivity (Wildman–Crippen MR) is 106 cm³/mol. The summed E-state index contributed by atoms with van der Waals surface area (Å²) in [5.41, 5.74) is -0.594. The molecule has 2 aromatic rings. The molecular weight excluding hydrogens is 473 g/mol. The first kappa shape index (κ1) is 24.1. The average molecular weight is 492 g/mol. The monoisotopic (exact) mass is 492 g/mol. The first-order chi connectivity index (χ1) is 15.9. The number of benzene rings is 2. The number of ether oxygens (including phenoxy) is 2. The predicted octanol–water partition coefficient (Wildman–Crippen LogP) is 5.10. The molecule has 5 nitrogen and oxygen atoms in total. The van der Waals surface area contributed by atoms with Crippen molar-refractivity contribution in [3.63, 3.8) is 0 Å². The summed E-state index contributed by atoms with van der Waals surface area (Å²) in [5.74, 6) is -6.73. The second-order valence-corrected chi connectivity index (χ2v) is 8.09. The molecule has 0 aromatic heterocycles. The Morgan fingerprint density at radius 3 is 2.26 bits per heavy atom. The zero-order valence-corrected chi connectivity index (χ0v) is 17.7. The van der Waals surface area contributed by atoms with Gasteiger partial charge in [0.15, 0.2) is 6.61 Å². The van der Waals surface area contributed by atoms with Crippen LogP contribution in [-0.2, 0) is 10.3 Å². The number of amides is 2. The van der Waals surface area contributed by atoms with Crippen LogP contribution in [0.4, 0.5) is 41.2 Å². The lowest BCUT2D eigenvalue weighted by molar-refractivity contribution is -0.290. The third kappa shape index (κ3) is 4.26. The number of hydrogen-bond donors (Lipinski definition) is 0. The summed E-state index contributed by atoms with van der Waals surface area (Å²) in [5, 5.41) is 0. The minimum atomic E-state index is -5.73. The van der Waals surface area contributed by atoms with Crippen LogP contribution in [0.5, 0.6) is 5.75 Å². The van der Waals surface area contributed by atoms with Gasteiger partial charge in [0.05, 0.1) is 12.6 Å². The quantitative estimate of drug-likeness (QED) is 0.399. The van der Waals surface area contributed by atoms with E-state index in [4.69, 9.17) is 4.74 Å². The molecule has 0 saturated carbocycles. The van der Waals surface area contributed by atoms with Crippen molar-refractivity contribution in [3.8, 4) is 5.75 Å². The Bertz CT molecular complexity index is 1070. The minimum absolute atomic E-state index is 0.143. The number of halogens is 7. The van der Waals surface area contributed by atoms with Crippen LogP contribution in [0.3, 0.4) is 0 Å². The lowest BCUT2D eigenvalue weighted by Crippen LogP contribution is -2.45. The summed E-state index contributed by atoms with van der Waals surface area (Å²) in [6.07, 6.45) is -5.73. The van der Waals surface area contributed by atoms with Gasteiger partial charge in [-0.25, -0.2) is 13.6 Å². The summed E-state index contributed by atoms with van der Waals surface area (Å²) in [4.78, 5) is 15.9. The zero-order chi connectivity index (χ0) is 24.9. The normalized spacial score (nSPS) is 21.7. The highest BCUT2D eigenvalue weighted by Gasteiger charge is 2.58. The van der Waals surface area contributed by atoms with E-state index in [1.165, 1.54) is 40.1 Å². The highest BCUT2D eigenvalue weighted by Crippen LogP contribution is 2.46. The van der Waals surface area contributed by atoms with Crippen molar-refractivity contribution < 1.29 is 45.0 Å². The minimum Gasteiger partial charge on any atom is -0.487 e. The Balaban J connectivity index is 1.43. The topological polar surface area (TPSA) is 45.3 Å². The SMILES string of the molecule is CC(N1CCN(c2ccc(OCC(F)(F)C(F)(F)F)cc2)C1=O)C1(c2ccc(F)cc2F)CO1. The van der Waals surface area contributed by atoms with Crippen molar-refractivity contribution in [2.24, 2.45) is 0 Å². The van der Waals surface area contributed by atoms with Crippen LogP contribution in [0.2, 0.25) is 0 Å². The number of carbonyl (C=O) groups excluding carboxylic acids is 1. The lowest BCUT2D eigenvalue weighted by atomic mass is 9.91. The Morgan fingerprint density at radius 2 is 1.71 bits per heavy atom. The summed E-state index contributed by atoms with van der Waals surface area (Å²) in [6.45, 7) is 0.483. The highest BCUT2D eigenvalue weighted by molar-refractivity contribution is 5.94. The fourth-order valence-corrected chi connectivity index (χ4v) is 3.91. The largest absolute Gasteiger partial charge is 0.487 e. The van der Waals surface area contributed by atoms with E-state index in [0.717, 1.165) is 12.1 Å². The number of anilines is 1. The number of alkyl halides is 5. The third-order valence-electron chi connectivity index (χ3n) is 6.01. The molecule has 12 heteroatoms. The molecule has 0 bridgehead atoms. The van der Waals surface area contributed by atoms with Crippen LogP contribution in [0.1, 0.15) is 12.5 Å². The maximum absolute atomic E-state index is 14.4. The molecule has 34 heavy (non-hydrogen) atoms. The summed E-state index contributed by atoms with van der Waals surface area (Å²) in [6, 6.07) is 7.21. The van der Waals surface area contributed by atoms with Gasteiger partial charge in [-0.1, -0.05) is 6.07 Å². The smallest absolute Gasteiger partial charge is 0.456 e. The molecule has 2 aliphatic rings. The molecule has 2 saturated heterocycles. The summed E-state index contributed by atoms with van der Waals surface area (Å²) < 4.78 is 101. The van der Waals surface area contributed by atoms with Gasteiger partial charge in [0, 0.05) is 30.4 Å². The van der Waals surface area contributed by atoms with E-state index >= 15 is 0 Å². The first-order valence-corrected chi connectivity index (χ1v) is 10.2. The molecule has 0 N–H and O–H groups in total. The lowest BCUT2D eigenvalue weighted by Gasteiger charge is -2.30. The maximum atomic E-state index is 14.4. The molecule has 4 rings (SSSR count). The Morgan fingerprint density at radius 1 is 1.06 bits per heavy atom. The van der Waals surface area contributed by atoms with E-state index in [-0.39, 0.29) is 31.0 Å². The van der Waals surface area contributed by atoms with Crippen molar-refractivity contribution in [3.05, 3.63) is 59.7 Å². The molecule has 2 fully saturated rings. The third-order valence-corrected chi connectivity index (χ3v) is 6.01. The van der Waals surface area contributed by atoms with Gasteiger partial charge in [-0.2, -0.15) is 22.0 Å². The van der Waals surface area contributed by atoms with Gasteiger partial charge in [0.2, 0.25) is 0 Å². The van der Waals surface area contributed by atoms with Crippen molar-refractivity contribution in [1.82, 2.24) is 4.90 Å². The Kier molecular flexibility index (Phi) is 5.91. The molecular formula is C22H19F7N2O3. The zero-order valence-electron chi connectivity index (χ0n) is 17.7. The second kappa shape index (κ2) is 8.33. The van der Waals surface area contributed by atoms with E-state index in [0.29, 0.717) is 5.69 Å². The van der Waals surface area contributed by atoms with Crippen LogP contribution in [0.15, 0.2) is 42.5 Å². The molecule has 2 unspecified atom stereocenters. The molecule has 2 atom stereocenters. The maximum Gasteiger partial charge on any atom is 0.456 e. The van der Waals surface area contributed by atoms with Gasteiger partial charge in [-0.15, -0.1) is 0 Å². The Hall–Kier alpha value is -3.02. The van der Waals surface area contributed by atoms with E-state index in [1.807, 2.05) is 0 Å². The van der Waals surface area contributed by atoms with Crippen molar-refractivity contribution >= 4 is 11.7 Å². The molecule has 0 radical (unpaired) electrons. The first-order valence-electron chi connectivity index (χ1n) is 10.2. The van der Waals surface area contributed by atoms with Crippen LogP contribution < -0.4 is 9.64 Å². The van der Waals surface area contributed by atoms with Gasteiger partial charge < -0.3 is 14.4 Å². The average Bonchev–Trinajstić information content (AvgIpc) is 3.47. The van der Waals surface area contributed by atoms with E-state index in [2.05, 4.69) is 4.74 Å². The van der Waals surface area contributed by atoms with Gasteiger partial charge in [-0.05, 0) is 37.3 Å². The van der Waals surface area contributed by atoms with Crippen LogP contribution in [0.25, 0.3) is 0 Å². The van der Waals surface area contributed by atoms with Crippen LogP contribution in [-0.4, -0.2) is 55.4 Å². The van der Waals surface area contributed by atoms with Crippen molar-refractivity contribution in [2.45, 2.75) is 30.7 Å². The number of nitrogens with zero attached hydrogens (tertiary/aromatic N) is 2. The Labute approximate surface area is 189 Å². The van der Waals surface area contributed by atoms with Gasteiger partial charge in [0.1, 0.15) is 23.0 Å². The number of hydrogen-bond acceptors (Lipinski definition) is 3. The van der Waals surface area contributed by atoms with E-state index in [1.54, 1.807) is 6.92 Å². The molecule has 2 aliphatic heterocycles. The highest BCUT2D eigenvalue weighted by atomic mass is 19.4. The van der Waals surface area contributed by atoms with E-state index in [9.17, 15) is 35.5 Å². The van der Waals surface area contributed by atoms with Crippen LogP contribution >= 0.6 is 0 Å². The number of urea groups is 1. The summed E-state index contributed by atoms with van der Waals surface area (Å²) >= 11 is 0. The van der Waals surface area contributed by atoms with Crippen LogP contribution in [0, 0.1) is 11.6 Å². The number of rotatable bonds is 7. The fourth-order valence-electron chi connectivity index (χ4n) is 3.91. The fraction of sp³-hybridized carbons (Fsp3) is 0.409. The van der Waals surface area contributed by atoms with Gasteiger partial charge >= 0.3 is 18.1 Å². The van der Waals surface area contributed by atoms with Gasteiger partial charge in [-0.3, -0.25) is 4.90 Å². The molecule has 2 amide bonds. The second-order valence-electron chi connectivity index (χ2n) is 8.09. The molecule has 0 spiro atoms. The van der Waals surface area contributed by atoms with Gasteiger partial charge in [0.25, 0.3) is 0 Å². The number of carbonyl (C=O) groups is 1.